The van der Waals surface area contributed by atoms with Gasteiger partial charge in [0, 0.05) is 16.7 Å². The van der Waals surface area contributed by atoms with Crippen LogP contribution in [0.4, 0.5) is 10.2 Å². The number of hydrogen-bond acceptors (Lipinski definition) is 4. The molecule has 1 heterocycles. The van der Waals surface area contributed by atoms with Gasteiger partial charge in [-0.3, -0.25) is 0 Å². The van der Waals surface area contributed by atoms with Crippen LogP contribution in [0.1, 0.15) is 5.56 Å². The van der Waals surface area contributed by atoms with Gasteiger partial charge in [-0.25, -0.2) is 4.39 Å². The number of nitrogens with two attached hydrogens (primary N) is 1. The summed E-state index contributed by atoms with van der Waals surface area (Å²) in [6, 6.07) is 7.55. The first kappa shape index (κ1) is 14.0. The number of hydrogen-bond donors (Lipinski definition) is 1. The summed E-state index contributed by atoms with van der Waals surface area (Å²) in [6.07, 6.45) is 0. The number of ether oxygens (including phenoxy) is 1. The Morgan fingerprint density at radius 3 is 2.76 bits per heavy atom. The van der Waals surface area contributed by atoms with E-state index in [1.165, 1.54) is 12.1 Å². The van der Waals surface area contributed by atoms with Crippen molar-refractivity contribution in [3.8, 4) is 5.75 Å². The molecule has 7 heteroatoms. The zero-order valence-corrected chi connectivity index (χ0v) is 12.1. The monoisotopic (exact) mass is 326 g/mol. The zero-order chi connectivity index (χ0) is 15.0. The maximum Gasteiger partial charge on any atom is 0.174 e. The van der Waals surface area contributed by atoms with Crippen LogP contribution in [0, 0.1) is 5.82 Å². The molecule has 0 aliphatic carbocycles. The number of aromatic nitrogens is 1. The van der Waals surface area contributed by atoms with Gasteiger partial charge in [-0.05, 0) is 24.3 Å². The quantitative estimate of drug-likeness (QED) is 0.773. The van der Waals surface area contributed by atoms with Crippen molar-refractivity contribution in [2.45, 2.75) is 6.61 Å². The predicted molar refractivity (Wildman–Crippen MR) is 79.2 cm³/mol. The van der Waals surface area contributed by atoms with Gasteiger partial charge in [-0.15, -0.1) is 0 Å². The Hall–Kier alpha value is -1.98. The van der Waals surface area contributed by atoms with Gasteiger partial charge in [0.05, 0.1) is 10.4 Å². The van der Waals surface area contributed by atoms with Gasteiger partial charge in [0.25, 0.3) is 0 Å². The van der Waals surface area contributed by atoms with Crippen LogP contribution in [0.15, 0.2) is 34.9 Å². The van der Waals surface area contributed by atoms with Gasteiger partial charge in [-0.1, -0.05) is 28.4 Å². The fourth-order valence-corrected chi connectivity index (χ4v) is 2.19. The van der Waals surface area contributed by atoms with Crippen molar-refractivity contribution in [2.75, 3.05) is 5.73 Å². The summed E-state index contributed by atoms with van der Waals surface area (Å²) in [5.74, 6) is 0.0861. The van der Waals surface area contributed by atoms with Gasteiger partial charge in [0.15, 0.2) is 11.4 Å². The Kier molecular flexibility index (Phi) is 3.61. The molecule has 4 nitrogen and oxygen atoms in total. The first-order valence-corrected chi connectivity index (χ1v) is 6.71. The Morgan fingerprint density at radius 2 is 2.00 bits per heavy atom. The molecule has 1 aromatic heterocycles. The van der Waals surface area contributed by atoms with Crippen molar-refractivity contribution in [3.05, 3.63) is 51.8 Å². The van der Waals surface area contributed by atoms with E-state index in [9.17, 15) is 4.39 Å². The predicted octanol–water partition coefficient (Wildman–Crippen LogP) is 4.43. The second-order valence-corrected chi connectivity index (χ2v) is 5.19. The van der Waals surface area contributed by atoms with Crippen molar-refractivity contribution >= 4 is 40.0 Å². The van der Waals surface area contributed by atoms with Crippen molar-refractivity contribution in [1.82, 2.24) is 5.16 Å². The summed E-state index contributed by atoms with van der Waals surface area (Å²) >= 11 is 11.8. The zero-order valence-electron chi connectivity index (χ0n) is 10.6. The van der Waals surface area contributed by atoms with Gasteiger partial charge in [0.1, 0.15) is 18.2 Å². The minimum atomic E-state index is -0.543. The summed E-state index contributed by atoms with van der Waals surface area (Å²) in [5, 5.41) is 4.80. The summed E-state index contributed by atoms with van der Waals surface area (Å²) in [6.45, 7) is 0.149. The Bertz CT molecular complexity index is 820. The van der Waals surface area contributed by atoms with Gasteiger partial charge in [0.2, 0.25) is 0 Å². The van der Waals surface area contributed by atoms with Crippen molar-refractivity contribution in [2.24, 2.45) is 0 Å². The smallest absolute Gasteiger partial charge is 0.174 e. The highest BCUT2D eigenvalue weighted by molar-refractivity contribution is 6.32. The molecule has 0 saturated heterocycles. The summed E-state index contributed by atoms with van der Waals surface area (Å²) < 4.78 is 23.9. The third-order valence-electron chi connectivity index (χ3n) is 2.95. The van der Waals surface area contributed by atoms with E-state index < -0.39 is 5.82 Å². The second-order valence-electron chi connectivity index (χ2n) is 4.37. The molecule has 3 rings (SSSR count). The Balaban J connectivity index is 1.84. The topological polar surface area (TPSA) is 61.3 Å². The van der Waals surface area contributed by atoms with Crippen LogP contribution < -0.4 is 10.5 Å². The first-order chi connectivity index (χ1) is 10.0. The number of nitrogens with zero attached hydrogens (tertiary/aromatic N) is 1. The van der Waals surface area contributed by atoms with Crippen LogP contribution in [-0.4, -0.2) is 5.16 Å². The lowest BCUT2D eigenvalue weighted by atomic mass is 10.2. The van der Waals surface area contributed by atoms with Crippen molar-refractivity contribution < 1.29 is 13.7 Å². The molecule has 2 N–H and O–H groups in total. The highest BCUT2D eigenvalue weighted by atomic mass is 35.5. The molecule has 0 radical (unpaired) electrons. The molecule has 3 aromatic rings. The Morgan fingerprint density at radius 1 is 1.19 bits per heavy atom. The molecule has 0 bridgehead atoms. The van der Waals surface area contributed by atoms with Crippen LogP contribution >= 0.6 is 23.2 Å². The molecule has 0 aliphatic rings. The molecule has 0 fully saturated rings. The average Bonchev–Trinajstić information content (AvgIpc) is 2.81. The summed E-state index contributed by atoms with van der Waals surface area (Å²) in [4.78, 5) is 0. The van der Waals surface area contributed by atoms with E-state index in [-0.39, 0.29) is 17.4 Å². The maximum atomic E-state index is 13.3. The van der Waals surface area contributed by atoms with E-state index in [1.54, 1.807) is 18.2 Å². The molecular formula is C14H9Cl2FN2O2. The lowest BCUT2D eigenvalue weighted by Gasteiger charge is -2.08. The van der Waals surface area contributed by atoms with Crippen LogP contribution in [0.5, 0.6) is 5.75 Å². The normalized spacial score (nSPS) is 11.0. The third-order valence-corrected chi connectivity index (χ3v) is 3.61. The van der Waals surface area contributed by atoms with E-state index in [2.05, 4.69) is 5.16 Å². The number of nitrogen functional groups attached to an aromatic ring is 1. The van der Waals surface area contributed by atoms with Crippen LogP contribution in [0.25, 0.3) is 11.0 Å². The van der Waals surface area contributed by atoms with E-state index in [0.29, 0.717) is 27.3 Å². The Labute approximate surface area is 129 Å². The molecule has 0 unspecified atom stereocenters. The molecule has 108 valence electrons. The standard InChI is InChI=1S/C14H9Cl2FN2O2/c15-10-2-1-8(4-12(10)17)20-6-7-3-13-9(5-11(7)16)14(18)19-21-13/h1-5H,6H2,(H2,18,19). The second kappa shape index (κ2) is 5.42. The largest absolute Gasteiger partial charge is 0.489 e. The molecule has 0 aliphatic heterocycles. The fraction of sp³-hybridized carbons (Fsp3) is 0.0714. The third kappa shape index (κ3) is 2.75. The fourth-order valence-electron chi connectivity index (χ4n) is 1.86. The molecule has 0 atom stereocenters. The molecule has 0 spiro atoms. The first-order valence-electron chi connectivity index (χ1n) is 5.96. The minimum absolute atomic E-state index is 0.0407. The highest BCUT2D eigenvalue weighted by Gasteiger charge is 2.11. The molecule has 0 amide bonds. The van der Waals surface area contributed by atoms with Gasteiger partial charge < -0.3 is 15.0 Å². The number of fused-ring (bicyclic) bond motifs is 1. The maximum absolute atomic E-state index is 13.3. The van der Waals surface area contributed by atoms with E-state index in [1.807, 2.05) is 0 Å². The van der Waals surface area contributed by atoms with E-state index in [0.717, 1.165) is 0 Å². The molecule has 21 heavy (non-hydrogen) atoms. The van der Waals surface area contributed by atoms with Crippen LogP contribution in [0.3, 0.4) is 0 Å². The number of anilines is 1. The summed E-state index contributed by atoms with van der Waals surface area (Å²) in [5.41, 5.74) is 6.83. The van der Waals surface area contributed by atoms with Gasteiger partial charge in [-0.2, -0.15) is 0 Å². The molecule has 2 aromatic carbocycles. The molecule has 0 saturated carbocycles. The average molecular weight is 327 g/mol. The lowest BCUT2D eigenvalue weighted by molar-refractivity contribution is 0.304. The summed E-state index contributed by atoms with van der Waals surface area (Å²) in [7, 11) is 0. The van der Waals surface area contributed by atoms with E-state index >= 15 is 0 Å². The number of halogens is 3. The number of benzene rings is 2. The minimum Gasteiger partial charge on any atom is -0.489 e. The van der Waals surface area contributed by atoms with Crippen molar-refractivity contribution in [3.63, 3.8) is 0 Å². The lowest BCUT2D eigenvalue weighted by Crippen LogP contribution is -1.97. The van der Waals surface area contributed by atoms with Crippen molar-refractivity contribution in [1.29, 1.82) is 0 Å². The van der Waals surface area contributed by atoms with E-state index in [4.69, 9.17) is 38.2 Å². The SMILES string of the molecule is Nc1noc2cc(COc3ccc(Cl)c(F)c3)c(Cl)cc12. The van der Waals surface area contributed by atoms with Crippen LogP contribution in [0.2, 0.25) is 10.0 Å². The molecular weight excluding hydrogens is 318 g/mol. The van der Waals surface area contributed by atoms with Gasteiger partial charge >= 0.3 is 0 Å². The number of rotatable bonds is 3. The van der Waals surface area contributed by atoms with Crippen LogP contribution in [-0.2, 0) is 6.61 Å². The highest BCUT2D eigenvalue weighted by Crippen LogP contribution is 2.29.